The van der Waals surface area contributed by atoms with Crippen LogP contribution in [-0.2, 0) is 4.79 Å². The highest BCUT2D eigenvalue weighted by atomic mass is 16.2. The number of carbonyl (C=O) groups excluding carboxylic acids is 1. The molecular formula is C14H15N5O. The molecule has 0 saturated carbocycles. The molecule has 0 fully saturated rings. The summed E-state index contributed by atoms with van der Waals surface area (Å²) >= 11 is 0. The number of nitriles is 1. The van der Waals surface area contributed by atoms with Crippen molar-refractivity contribution in [1.29, 1.82) is 5.26 Å². The Hall–Kier alpha value is -2.68. The summed E-state index contributed by atoms with van der Waals surface area (Å²) in [4.78, 5) is 13.4. The molecule has 6 nitrogen and oxygen atoms in total. The summed E-state index contributed by atoms with van der Waals surface area (Å²) in [5.41, 5.74) is 1.43. The van der Waals surface area contributed by atoms with Crippen molar-refractivity contribution in [3.05, 3.63) is 30.0 Å². The van der Waals surface area contributed by atoms with E-state index >= 15 is 0 Å². The summed E-state index contributed by atoms with van der Waals surface area (Å²) in [7, 11) is 1.73. The Morgan fingerprint density at radius 2 is 2.15 bits per heavy atom. The third-order valence-electron chi connectivity index (χ3n) is 3.09. The molecule has 20 heavy (non-hydrogen) atoms. The van der Waals surface area contributed by atoms with Crippen molar-refractivity contribution in [2.45, 2.75) is 6.92 Å². The lowest BCUT2D eigenvalue weighted by Crippen LogP contribution is -2.32. The first kappa shape index (κ1) is 13.7. The fourth-order valence-electron chi connectivity index (χ4n) is 1.79. The van der Waals surface area contributed by atoms with E-state index < -0.39 is 0 Å². The number of aromatic nitrogens is 2. The highest BCUT2D eigenvalue weighted by Gasteiger charge is 2.12. The Bertz CT molecular complexity index is 677. The highest BCUT2D eigenvalue weighted by molar-refractivity contribution is 5.94. The second-order valence-corrected chi connectivity index (χ2v) is 4.31. The van der Waals surface area contributed by atoms with Crippen molar-refractivity contribution in [3.63, 3.8) is 0 Å². The molecule has 6 heteroatoms. The van der Waals surface area contributed by atoms with Gasteiger partial charge in [0.15, 0.2) is 5.69 Å². The summed E-state index contributed by atoms with van der Waals surface area (Å²) in [6, 6.07) is 9.36. The predicted octanol–water partition coefficient (Wildman–Crippen LogP) is 1.39. The van der Waals surface area contributed by atoms with Gasteiger partial charge in [0.1, 0.15) is 6.07 Å². The van der Waals surface area contributed by atoms with Crippen LogP contribution in [0.2, 0.25) is 0 Å². The van der Waals surface area contributed by atoms with Crippen LogP contribution < -0.4 is 5.32 Å². The Balaban J connectivity index is 2.33. The molecule has 1 aromatic carbocycles. The van der Waals surface area contributed by atoms with Crippen LogP contribution in [0, 0.1) is 11.3 Å². The zero-order chi connectivity index (χ0) is 14.5. The van der Waals surface area contributed by atoms with Crippen LogP contribution in [0.25, 0.3) is 10.9 Å². The molecular weight excluding hydrogens is 254 g/mol. The normalized spacial score (nSPS) is 10.1. The van der Waals surface area contributed by atoms with Crippen LogP contribution in [0.1, 0.15) is 12.6 Å². The zero-order valence-corrected chi connectivity index (χ0v) is 11.4. The van der Waals surface area contributed by atoms with Gasteiger partial charge < -0.3 is 10.2 Å². The number of benzene rings is 1. The van der Waals surface area contributed by atoms with Crippen molar-refractivity contribution < 1.29 is 4.79 Å². The molecule has 1 heterocycles. The van der Waals surface area contributed by atoms with Crippen LogP contribution in [-0.4, -0.2) is 41.1 Å². The molecule has 0 atom stereocenters. The molecule has 0 bridgehead atoms. The van der Waals surface area contributed by atoms with Gasteiger partial charge in [-0.1, -0.05) is 18.2 Å². The maximum absolute atomic E-state index is 11.8. The number of likely N-dealkylation sites (N-methyl/N-ethyl adjacent to an activating group) is 1. The Kier molecular flexibility index (Phi) is 4.11. The average Bonchev–Trinajstić information content (AvgIpc) is 2.51. The number of hydrogen-bond donors (Lipinski definition) is 1. The van der Waals surface area contributed by atoms with Crippen molar-refractivity contribution in [1.82, 2.24) is 15.1 Å². The fraction of sp³-hybridized carbons (Fsp3) is 0.286. The van der Waals surface area contributed by atoms with E-state index in [2.05, 4.69) is 15.5 Å². The Morgan fingerprint density at radius 1 is 1.40 bits per heavy atom. The second kappa shape index (κ2) is 5.97. The highest BCUT2D eigenvalue weighted by Crippen LogP contribution is 2.23. The van der Waals surface area contributed by atoms with E-state index in [1.54, 1.807) is 11.9 Å². The molecule has 0 spiro atoms. The minimum absolute atomic E-state index is 0.0442. The topological polar surface area (TPSA) is 81.9 Å². The number of hydrogen-bond acceptors (Lipinski definition) is 5. The maximum atomic E-state index is 11.8. The van der Waals surface area contributed by atoms with Gasteiger partial charge in [-0.25, -0.2) is 0 Å². The number of amides is 1. The molecule has 1 N–H and O–H groups in total. The van der Waals surface area contributed by atoms with Gasteiger partial charge in [0, 0.05) is 19.0 Å². The third-order valence-corrected chi connectivity index (χ3v) is 3.09. The number of nitrogens with one attached hydrogen (secondary N) is 1. The van der Waals surface area contributed by atoms with Gasteiger partial charge in [0.05, 0.1) is 17.7 Å². The number of anilines is 1. The molecule has 1 amide bonds. The van der Waals surface area contributed by atoms with Crippen molar-refractivity contribution in [2.24, 2.45) is 0 Å². The Morgan fingerprint density at radius 3 is 2.85 bits per heavy atom. The smallest absolute Gasteiger partial charge is 0.241 e. The largest absolute Gasteiger partial charge is 0.373 e. The van der Waals surface area contributed by atoms with Crippen molar-refractivity contribution in [3.8, 4) is 6.07 Å². The SMILES string of the molecule is CCN(C)C(=O)CNc1c(C#N)nnc2ccccc12. The van der Waals surface area contributed by atoms with E-state index in [4.69, 9.17) is 5.26 Å². The van der Waals surface area contributed by atoms with Crippen LogP contribution in [0.4, 0.5) is 5.69 Å². The number of fused-ring (bicyclic) bond motifs is 1. The molecule has 2 rings (SSSR count). The quantitative estimate of drug-likeness (QED) is 0.907. The van der Waals surface area contributed by atoms with Crippen LogP contribution in [0.15, 0.2) is 24.3 Å². The average molecular weight is 269 g/mol. The Labute approximate surface area is 117 Å². The third kappa shape index (κ3) is 2.67. The van der Waals surface area contributed by atoms with E-state index in [0.29, 0.717) is 17.7 Å². The molecule has 0 radical (unpaired) electrons. The molecule has 0 unspecified atom stereocenters. The summed E-state index contributed by atoms with van der Waals surface area (Å²) in [6.07, 6.45) is 0. The molecule has 2 aromatic rings. The van der Waals surface area contributed by atoms with Gasteiger partial charge in [-0.05, 0) is 13.0 Å². The summed E-state index contributed by atoms with van der Waals surface area (Å²) < 4.78 is 0. The molecule has 0 aliphatic rings. The van der Waals surface area contributed by atoms with Crippen molar-refractivity contribution in [2.75, 3.05) is 25.5 Å². The van der Waals surface area contributed by atoms with E-state index in [1.165, 1.54) is 0 Å². The first-order chi connectivity index (χ1) is 9.67. The number of nitrogens with zero attached hydrogens (tertiary/aromatic N) is 4. The lowest BCUT2D eigenvalue weighted by molar-refractivity contribution is -0.127. The first-order valence-electron chi connectivity index (χ1n) is 6.30. The van der Waals surface area contributed by atoms with E-state index in [1.807, 2.05) is 37.3 Å². The summed E-state index contributed by atoms with van der Waals surface area (Å²) in [5.74, 6) is -0.0442. The van der Waals surface area contributed by atoms with Gasteiger partial charge in [-0.3, -0.25) is 4.79 Å². The van der Waals surface area contributed by atoms with Gasteiger partial charge in [-0.2, -0.15) is 5.26 Å². The van der Waals surface area contributed by atoms with E-state index in [-0.39, 0.29) is 18.1 Å². The van der Waals surface area contributed by atoms with Crippen molar-refractivity contribution >= 4 is 22.5 Å². The lowest BCUT2D eigenvalue weighted by atomic mass is 10.1. The predicted molar refractivity (Wildman–Crippen MR) is 76.1 cm³/mol. The van der Waals surface area contributed by atoms with Gasteiger partial charge in [0.25, 0.3) is 0 Å². The molecule has 0 aliphatic heterocycles. The number of rotatable bonds is 4. The monoisotopic (exact) mass is 269 g/mol. The van der Waals surface area contributed by atoms with Gasteiger partial charge in [-0.15, -0.1) is 10.2 Å². The second-order valence-electron chi connectivity index (χ2n) is 4.31. The summed E-state index contributed by atoms with van der Waals surface area (Å²) in [5, 5.41) is 20.8. The van der Waals surface area contributed by atoms with Gasteiger partial charge >= 0.3 is 0 Å². The van der Waals surface area contributed by atoms with E-state index in [9.17, 15) is 4.79 Å². The minimum atomic E-state index is -0.0442. The zero-order valence-electron chi connectivity index (χ0n) is 11.4. The fourth-order valence-corrected chi connectivity index (χ4v) is 1.79. The molecule has 0 aliphatic carbocycles. The van der Waals surface area contributed by atoms with E-state index in [0.717, 1.165) is 5.39 Å². The first-order valence-corrected chi connectivity index (χ1v) is 6.30. The lowest BCUT2D eigenvalue weighted by Gasteiger charge is -2.16. The molecule has 0 saturated heterocycles. The van der Waals surface area contributed by atoms with Crippen LogP contribution in [0.5, 0.6) is 0 Å². The maximum Gasteiger partial charge on any atom is 0.241 e. The molecule has 1 aromatic heterocycles. The summed E-state index contributed by atoms with van der Waals surface area (Å²) in [6.45, 7) is 2.66. The van der Waals surface area contributed by atoms with Crippen LogP contribution >= 0.6 is 0 Å². The molecule has 102 valence electrons. The van der Waals surface area contributed by atoms with Crippen LogP contribution in [0.3, 0.4) is 0 Å². The van der Waals surface area contributed by atoms with Gasteiger partial charge in [0.2, 0.25) is 5.91 Å². The minimum Gasteiger partial charge on any atom is -0.373 e. The standard InChI is InChI=1S/C14H15N5O/c1-3-19(2)13(20)9-16-14-10-6-4-5-7-11(10)17-18-12(14)8-15/h4-7H,3,9H2,1-2H3,(H,16,17). The number of carbonyl (C=O) groups is 1.